The number of aromatic nitrogens is 1. The first-order valence-electron chi connectivity index (χ1n) is 6.46. The average Bonchev–Trinajstić information content (AvgIpc) is 3.21. The Bertz CT molecular complexity index is 600. The lowest BCUT2D eigenvalue weighted by Gasteiger charge is -2.09. The normalized spacial score (nSPS) is 20.2. The molecule has 1 aromatic heterocycles. The van der Waals surface area contributed by atoms with Crippen molar-refractivity contribution < 1.29 is 0 Å². The first-order chi connectivity index (χ1) is 9.72. The van der Waals surface area contributed by atoms with Crippen LogP contribution in [-0.2, 0) is 0 Å². The van der Waals surface area contributed by atoms with Gasteiger partial charge in [-0.2, -0.15) is 0 Å². The lowest BCUT2D eigenvalue weighted by atomic mass is 10.1. The molecular weight excluding hydrogens is 290 g/mol. The quantitative estimate of drug-likeness (QED) is 0.850. The Morgan fingerprint density at radius 1 is 1.20 bits per heavy atom. The highest BCUT2D eigenvalue weighted by Gasteiger charge is 2.38. The number of nitrogens with zero attached hydrogens (tertiary/aromatic N) is 1. The number of halogens is 1. The second kappa shape index (κ2) is 5.77. The molecule has 1 aliphatic carbocycles. The summed E-state index contributed by atoms with van der Waals surface area (Å²) in [5, 5.41) is 7.59. The Hall–Kier alpha value is -1.65. The SMILES string of the molecule is S=C(Nc1ccc(Cl)cn1)N[C@@H]1C[C@@H]1c1ccccc1. The number of anilines is 1. The van der Waals surface area contributed by atoms with E-state index in [0.29, 0.717) is 27.9 Å². The summed E-state index contributed by atoms with van der Waals surface area (Å²) in [7, 11) is 0. The molecule has 0 saturated heterocycles. The highest BCUT2D eigenvalue weighted by atomic mass is 35.5. The van der Waals surface area contributed by atoms with E-state index in [-0.39, 0.29) is 0 Å². The van der Waals surface area contributed by atoms with Gasteiger partial charge in [-0.3, -0.25) is 0 Å². The summed E-state index contributed by atoms with van der Waals surface area (Å²) < 4.78 is 0. The Labute approximate surface area is 128 Å². The van der Waals surface area contributed by atoms with Crippen molar-refractivity contribution in [2.24, 2.45) is 0 Å². The molecule has 2 N–H and O–H groups in total. The van der Waals surface area contributed by atoms with Gasteiger partial charge in [0.15, 0.2) is 5.11 Å². The van der Waals surface area contributed by atoms with Gasteiger partial charge in [-0.15, -0.1) is 0 Å². The van der Waals surface area contributed by atoms with E-state index in [1.54, 1.807) is 18.3 Å². The molecule has 5 heteroatoms. The van der Waals surface area contributed by atoms with Crippen LogP contribution in [0.15, 0.2) is 48.7 Å². The van der Waals surface area contributed by atoms with Crippen LogP contribution in [0.1, 0.15) is 17.9 Å². The van der Waals surface area contributed by atoms with Crippen LogP contribution in [0.25, 0.3) is 0 Å². The fourth-order valence-corrected chi connectivity index (χ4v) is 2.56. The minimum atomic E-state index is 0.407. The van der Waals surface area contributed by atoms with Crippen LogP contribution in [0.3, 0.4) is 0 Å². The number of pyridine rings is 1. The van der Waals surface area contributed by atoms with Gasteiger partial charge in [-0.1, -0.05) is 41.9 Å². The summed E-state index contributed by atoms with van der Waals surface area (Å²) in [5.41, 5.74) is 1.36. The summed E-state index contributed by atoms with van der Waals surface area (Å²) in [5.74, 6) is 1.25. The van der Waals surface area contributed by atoms with E-state index in [2.05, 4.69) is 39.9 Å². The second-order valence-corrected chi connectivity index (χ2v) is 5.66. The predicted octanol–water partition coefficient (Wildman–Crippen LogP) is 3.58. The number of rotatable bonds is 3. The minimum Gasteiger partial charge on any atom is -0.359 e. The van der Waals surface area contributed by atoms with Crippen molar-refractivity contribution in [3.8, 4) is 0 Å². The summed E-state index contributed by atoms with van der Waals surface area (Å²) in [6.45, 7) is 0. The van der Waals surface area contributed by atoms with Gasteiger partial charge in [0.05, 0.1) is 5.02 Å². The Morgan fingerprint density at radius 2 is 2.00 bits per heavy atom. The van der Waals surface area contributed by atoms with Gasteiger partial charge in [0, 0.05) is 18.2 Å². The predicted molar refractivity (Wildman–Crippen MR) is 86.2 cm³/mol. The summed E-state index contributed by atoms with van der Waals surface area (Å²) in [6.07, 6.45) is 2.70. The number of hydrogen-bond acceptors (Lipinski definition) is 2. The largest absolute Gasteiger partial charge is 0.359 e. The van der Waals surface area contributed by atoms with Crippen molar-refractivity contribution in [2.45, 2.75) is 18.4 Å². The lowest BCUT2D eigenvalue weighted by molar-refractivity contribution is 0.876. The number of benzene rings is 1. The van der Waals surface area contributed by atoms with Crippen molar-refractivity contribution in [1.82, 2.24) is 10.3 Å². The van der Waals surface area contributed by atoms with Crippen LogP contribution in [0.2, 0.25) is 5.02 Å². The molecule has 1 saturated carbocycles. The first kappa shape index (κ1) is 13.3. The molecule has 1 heterocycles. The fraction of sp³-hybridized carbons (Fsp3) is 0.200. The molecule has 102 valence electrons. The molecule has 0 radical (unpaired) electrons. The van der Waals surface area contributed by atoms with Crippen LogP contribution in [0.4, 0.5) is 5.82 Å². The summed E-state index contributed by atoms with van der Waals surface area (Å²) >= 11 is 11.1. The van der Waals surface area contributed by atoms with E-state index in [0.717, 1.165) is 6.42 Å². The van der Waals surface area contributed by atoms with E-state index in [9.17, 15) is 0 Å². The number of thiocarbonyl (C=S) groups is 1. The van der Waals surface area contributed by atoms with Gasteiger partial charge in [-0.05, 0) is 36.3 Å². The van der Waals surface area contributed by atoms with Crippen molar-refractivity contribution in [3.05, 3.63) is 59.2 Å². The third-order valence-electron chi connectivity index (χ3n) is 3.30. The maximum absolute atomic E-state index is 5.79. The standard InChI is InChI=1S/C15H14ClN3S/c16-11-6-7-14(17-9-11)19-15(20)18-13-8-12(13)10-4-2-1-3-5-10/h1-7,9,12-13H,8H2,(H2,17,18,19,20)/t12-,13-/m1/s1. The van der Waals surface area contributed by atoms with Gasteiger partial charge in [0.25, 0.3) is 0 Å². The van der Waals surface area contributed by atoms with Gasteiger partial charge >= 0.3 is 0 Å². The smallest absolute Gasteiger partial charge is 0.172 e. The third kappa shape index (κ3) is 3.26. The van der Waals surface area contributed by atoms with Crippen LogP contribution in [0, 0.1) is 0 Å². The van der Waals surface area contributed by atoms with Gasteiger partial charge in [0.1, 0.15) is 5.82 Å². The van der Waals surface area contributed by atoms with Crippen LogP contribution < -0.4 is 10.6 Å². The molecule has 0 bridgehead atoms. The summed E-state index contributed by atoms with van der Waals surface area (Å²) in [6, 6.07) is 14.5. The molecule has 20 heavy (non-hydrogen) atoms. The Balaban J connectivity index is 1.52. The van der Waals surface area contributed by atoms with Gasteiger partial charge in [0.2, 0.25) is 0 Å². The second-order valence-electron chi connectivity index (χ2n) is 4.82. The first-order valence-corrected chi connectivity index (χ1v) is 7.25. The Kier molecular flexibility index (Phi) is 3.85. The number of hydrogen-bond donors (Lipinski definition) is 2. The van der Waals surface area contributed by atoms with E-state index < -0.39 is 0 Å². The van der Waals surface area contributed by atoms with Crippen LogP contribution >= 0.6 is 23.8 Å². The zero-order valence-electron chi connectivity index (χ0n) is 10.7. The molecule has 0 spiro atoms. The third-order valence-corrected chi connectivity index (χ3v) is 3.75. The monoisotopic (exact) mass is 303 g/mol. The highest BCUT2D eigenvalue weighted by molar-refractivity contribution is 7.80. The van der Waals surface area contributed by atoms with E-state index in [1.165, 1.54) is 5.56 Å². The molecule has 2 atom stereocenters. The molecule has 0 unspecified atom stereocenters. The number of nitrogens with one attached hydrogen (secondary N) is 2. The molecular formula is C15H14ClN3S. The molecule has 0 aliphatic heterocycles. The minimum absolute atomic E-state index is 0.407. The lowest BCUT2D eigenvalue weighted by Crippen LogP contribution is -2.31. The zero-order chi connectivity index (χ0) is 13.9. The van der Waals surface area contributed by atoms with Crippen LogP contribution in [-0.4, -0.2) is 16.1 Å². The maximum atomic E-state index is 5.79. The fourth-order valence-electron chi connectivity index (χ4n) is 2.19. The topological polar surface area (TPSA) is 37.0 Å². The molecule has 3 rings (SSSR count). The summed E-state index contributed by atoms with van der Waals surface area (Å²) in [4.78, 5) is 4.15. The molecule has 0 amide bonds. The van der Waals surface area contributed by atoms with Crippen molar-refractivity contribution in [2.75, 3.05) is 5.32 Å². The van der Waals surface area contributed by atoms with E-state index in [1.807, 2.05) is 6.07 Å². The van der Waals surface area contributed by atoms with E-state index in [4.69, 9.17) is 23.8 Å². The zero-order valence-corrected chi connectivity index (χ0v) is 12.3. The van der Waals surface area contributed by atoms with Gasteiger partial charge < -0.3 is 10.6 Å². The van der Waals surface area contributed by atoms with Gasteiger partial charge in [-0.25, -0.2) is 4.98 Å². The molecule has 1 aromatic carbocycles. The van der Waals surface area contributed by atoms with Crippen molar-refractivity contribution in [1.29, 1.82) is 0 Å². The van der Waals surface area contributed by atoms with Crippen molar-refractivity contribution >= 4 is 34.7 Å². The Morgan fingerprint density at radius 3 is 2.70 bits per heavy atom. The molecule has 2 aromatic rings. The van der Waals surface area contributed by atoms with Crippen molar-refractivity contribution in [3.63, 3.8) is 0 Å². The molecule has 1 aliphatic rings. The maximum Gasteiger partial charge on any atom is 0.172 e. The average molecular weight is 304 g/mol. The molecule has 1 fully saturated rings. The van der Waals surface area contributed by atoms with E-state index >= 15 is 0 Å². The van der Waals surface area contributed by atoms with Crippen LogP contribution in [0.5, 0.6) is 0 Å². The highest BCUT2D eigenvalue weighted by Crippen LogP contribution is 2.40. The molecule has 3 nitrogen and oxygen atoms in total.